The second-order valence-corrected chi connectivity index (χ2v) is 3.11. The van der Waals surface area contributed by atoms with E-state index in [9.17, 15) is 5.11 Å². The van der Waals surface area contributed by atoms with E-state index in [0.717, 1.165) is 32.1 Å². The molecule has 1 heteroatoms. The van der Waals surface area contributed by atoms with Gasteiger partial charge in [-0.1, -0.05) is 19.9 Å². The summed E-state index contributed by atoms with van der Waals surface area (Å²) in [6, 6.07) is 0. The third kappa shape index (κ3) is 4.20. The van der Waals surface area contributed by atoms with Crippen LogP contribution in [0.1, 0.15) is 46.0 Å². The maximum absolute atomic E-state index is 9.82. The second-order valence-electron chi connectivity index (χ2n) is 3.11. The normalized spacial score (nSPS) is 11.5. The molecule has 0 fully saturated rings. The molecule has 66 valence electrons. The van der Waals surface area contributed by atoms with Crippen LogP contribution in [0.25, 0.3) is 0 Å². The topological polar surface area (TPSA) is 20.2 Å². The Hall–Kier alpha value is -0.300. The van der Waals surface area contributed by atoms with Crippen molar-refractivity contribution in [2.75, 3.05) is 0 Å². The van der Waals surface area contributed by atoms with Gasteiger partial charge in [-0.05, 0) is 32.1 Å². The molecule has 0 saturated heterocycles. The zero-order chi connectivity index (χ0) is 8.74. The molecule has 0 aromatic carbocycles. The lowest BCUT2D eigenvalue weighted by atomic mass is 9.91. The Morgan fingerprint density at radius 1 is 1.36 bits per heavy atom. The highest BCUT2D eigenvalue weighted by Crippen LogP contribution is 2.21. The fourth-order valence-corrected chi connectivity index (χ4v) is 1.18. The number of allylic oxidation sites excluding steroid dienone is 1. The lowest BCUT2D eigenvalue weighted by Crippen LogP contribution is -2.26. The maximum Gasteiger partial charge on any atom is 0.0642 e. The van der Waals surface area contributed by atoms with E-state index in [2.05, 4.69) is 6.58 Å². The molecule has 0 radical (unpaired) electrons. The van der Waals surface area contributed by atoms with Crippen molar-refractivity contribution in [1.29, 1.82) is 0 Å². The highest BCUT2D eigenvalue weighted by atomic mass is 16.3. The molecule has 0 saturated carbocycles. The summed E-state index contributed by atoms with van der Waals surface area (Å²) in [6.07, 6.45) is 6.61. The molecule has 0 aromatic rings. The molecule has 0 heterocycles. The Balaban J connectivity index is 3.59. The minimum atomic E-state index is -0.414. The fraction of sp³-hybridized carbons (Fsp3) is 0.800. The average molecular weight is 156 g/mol. The molecule has 11 heavy (non-hydrogen) atoms. The minimum Gasteiger partial charge on any atom is -0.390 e. The summed E-state index contributed by atoms with van der Waals surface area (Å²) in [7, 11) is 0. The van der Waals surface area contributed by atoms with Crippen molar-refractivity contribution >= 4 is 0 Å². The molecule has 0 rings (SSSR count). The maximum atomic E-state index is 9.82. The van der Waals surface area contributed by atoms with E-state index >= 15 is 0 Å². The van der Waals surface area contributed by atoms with Crippen molar-refractivity contribution < 1.29 is 5.11 Å². The minimum absolute atomic E-state index is 0.414. The van der Waals surface area contributed by atoms with Gasteiger partial charge in [0.2, 0.25) is 0 Å². The first-order chi connectivity index (χ1) is 5.18. The molecule has 0 amide bonds. The smallest absolute Gasteiger partial charge is 0.0642 e. The van der Waals surface area contributed by atoms with E-state index in [1.807, 2.05) is 19.9 Å². The quantitative estimate of drug-likeness (QED) is 0.463. The highest BCUT2D eigenvalue weighted by Gasteiger charge is 2.20. The van der Waals surface area contributed by atoms with Crippen molar-refractivity contribution in [1.82, 2.24) is 0 Å². The van der Waals surface area contributed by atoms with Gasteiger partial charge in [0, 0.05) is 0 Å². The third-order valence-electron chi connectivity index (χ3n) is 2.37. The van der Waals surface area contributed by atoms with Gasteiger partial charge in [0.25, 0.3) is 0 Å². The molecule has 0 aliphatic heterocycles. The van der Waals surface area contributed by atoms with Gasteiger partial charge in [-0.2, -0.15) is 0 Å². The zero-order valence-electron chi connectivity index (χ0n) is 7.77. The van der Waals surface area contributed by atoms with E-state index in [4.69, 9.17) is 0 Å². The summed E-state index contributed by atoms with van der Waals surface area (Å²) < 4.78 is 0. The van der Waals surface area contributed by atoms with Gasteiger partial charge < -0.3 is 5.11 Å². The first-order valence-electron chi connectivity index (χ1n) is 4.51. The van der Waals surface area contributed by atoms with Crippen molar-refractivity contribution in [2.45, 2.75) is 51.6 Å². The zero-order valence-corrected chi connectivity index (χ0v) is 7.77. The largest absolute Gasteiger partial charge is 0.390 e. The summed E-state index contributed by atoms with van der Waals surface area (Å²) in [4.78, 5) is 0. The van der Waals surface area contributed by atoms with Crippen molar-refractivity contribution in [2.24, 2.45) is 0 Å². The van der Waals surface area contributed by atoms with Gasteiger partial charge in [0.15, 0.2) is 0 Å². The molecule has 0 bridgehead atoms. The molecular formula is C10H20O. The third-order valence-corrected chi connectivity index (χ3v) is 2.37. The van der Waals surface area contributed by atoms with Gasteiger partial charge in [0.1, 0.15) is 0 Å². The summed E-state index contributed by atoms with van der Waals surface area (Å²) in [5, 5.41) is 9.82. The Morgan fingerprint density at radius 3 is 2.27 bits per heavy atom. The Labute approximate surface area is 70.1 Å². The monoisotopic (exact) mass is 156 g/mol. The first kappa shape index (κ1) is 10.7. The standard InChI is InChI=1S/C10H20O/c1-4-7-8-9-10(11,5-2)6-3/h4,11H,1,5-9H2,2-3H3. The summed E-state index contributed by atoms with van der Waals surface area (Å²) >= 11 is 0. The van der Waals surface area contributed by atoms with Crippen LogP contribution in [-0.4, -0.2) is 10.7 Å². The van der Waals surface area contributed by atoms with Crippen LogP contribution in [0.2, 0.25) is 0 Å². The van der Waals surface area contributed by atoms with E-state index in [1.54, 1.807) is 0 Å². The van der Waals surface area contributed by atoms with Gasteiger partial charge in [-0.25, -0.2) is 0 Å². The van der Waals surface area contributed by atoms with Crippen LogP contribution in [0.5, 0.6) is 0 Å². The Kier molecular flexibility index (Phi) is 5.22. The van der Waals surface area contributed by atoms with E-state index in [0.29, 0.717) is 0 Å². The van der Waals surface area contributed by atoms with Crippen LogP contribution in [-0.2, 0) is 0 Å². The molecular weight excluding hydrogens is 136 g/mol. The van der Waals surface area contributed by atoms with Crippen LogP contribution in [0.15, 0.2) is 12.7 Å². The molecule has 1 nitrogen and oxygen atoms in total. The Morgan fingerprint density at radius 2 is 1.91 bits per heavy atom. The van der Waals surface area contributed by atoms with Gasteiger partial charge >= 0.3 is 0 Å². The highest BCUT2D eigenvalue weighted by molar-refractivity contribution is 4.76. The Bertz CT molecular complexity index is 103. The van der Waals surface area contributed by atoms with Crippen molar-refractivity contribution in [3.63, 3.8) is 0 Å². The SMILES string of the molecule is C=CCCCC(O)(CC)CC. The van der Waals surface area contributed by atoms with Crippen LogP contribution in [0, 0.1) is 0 Å². The number of hydrogen-bond acceptors (Lipinski definition) is 1. The molecule has 0 atom stereocenters. The first-order valence-corrected chi connectivity index (χ1v) is 4.51. The number of rotatable bonds is 6. The van der Waals surface area contributed by atoms with Crippen molar-refractivity contribution in [3.8, 4) is 0 Å². The van der Waals surface area contributed by atoms with Gasteiger partial charge in [0.05, 0.1) is 5.60 Å². The van der Waals surface area contributed by atoms with Crippen LogP contribution >= 0.6 is 0 Å². The predicted octanol–water partition coefficient (Wildman–Crippen LogP) is 2.89. The number of hydrogen-bond donors (Lipinski definition) is 1. The molecule has 0 aliphatic rings. The van der Waals surface area contributed by atoms with Crippen LogP contribution in [0.4, 0.5) is 0 Å². The van der Waals surface area contributed by atoms with Crippen LogP contribution < -0.4 is 0 Å². The lowest BCUT2D eigenvalue weighted by Gasteiger charge is -2.24. The fourth-order valence-electron chi connectivity index (χ4n) is 1.18. The van der Waals surface area contributed by atoms with Gasteiger partial charge in [-0.3, -0.25) is 0 Å². The van der Waals surface area contributed by atoms with Crippen LogP contribution in [0.3, 0.4) is 0 Å². The van der Waals surface area contributed by atoms with Crippen molar-refractivity contribution in [3.05, 3.63) is 12.7 Å². The van der Waals surface area contributed by atoms with E-state index < -0.39 is 5.60 Å². The molecule has 0 aromatic heterocycles. The lowest BCUT2D eigenvalue weighted by molar-refractivity contribution is 0.0220. The number of aliphatic hydroxyl groups is 1. The predicted molar refractivity (Wildman–Crippen MR) is 49.6 cm³/mol. The van der Waals surface area contributed by atoms with E-state index in [-0.39, 0.29) is 0 Å². The molecule has 0 spiro atoms. The summed E-state index contributed by atoms with van der Waals surface area (Å²) in [5.74, 6) is 0. The van der Waals surface area contributed by atoms with Gasteiger partial charge in [-0.15, -0.1) is 6.58 Å². The number of unbranched alkanes of at least 4 members (excludes halogenated alkanes) is 1. The van der Waals surface area contributed by atoms with E-state index in [1.165, 1.54) is 0 Å². The summed E-state index contributed by atoms with van der Waals surface area (Å²) in [6.45, 7) is 7.73. The molecule has 1 N–H and O–H groups in total. The molecule has 0 aliphatic carbocycles. The average Bonchev–Trinajstić information content (AvgIpc) is 2.05. The second kappa shape index (κ2) is 5.36. The molecule has 0 unspecified atom stereocenters. The summed E-state index contributed by atoms with van der Waals surface area (Å²) in [5.41, 5.74) is -0.414.